The Hall–Kier alpha value is -1.52. The van der Waals surface area contributed by atoms with Gasteiger partial charge in [-0.25, -0.2) is 0 Å². The third-order valence-electron chi connectivity index (χ3n) is 1.98. The van der Waals surface area contributed by atoms with Crippen molar-refractivity contribution < 1.29 is 9.90 Å². The molecule has 0 aliphatic carbocycles. The summed E-state index contributed by atoms with van der Waals surface area (Å²) in [4.78, 5) is 11.8. The maximum Gasteiger partial charge on any atom is 0.259 e. The zero-order chi connectivity index (χ0) is 11.5. The largest absolute Gasteiger partial charge is 0.507 e. The summed E-state index contributed by atoms with van der Waals surface area (Å²) in [7, 11) is 0. The van der Waals surface area contributed by atoms with Crippen LogP contribution in [0, 0.1) is 0 Å². The van der Waals surface area contributed by atoms with E-state index in [9.17, 15) is 9.90 Å². The second kappa shape index (κ2) is 4.55. The van der Waals surface area contributed by atoms with Crippen molar-refractivity contribution in [1.29, 1.82) is 0 Å². The van der Waals surface area contributed by atoms with Crippen molar-refractivity contribution in [3.8, 4) is 5.75 Å². The molecular formula is C11H8ClNO2S. The van der Waals surface area contributed by atoms with Gasteiger partial charge in [0.2, 0.25) is 0 Å². The highest BCUT2D eigenvalue weighted by Gasteiger charge is 2.11. The molecule has 0 aliphatic heterocycles. The SMILES string of the molecule is O=C(Nc1ccsc1)c1cc(Cl)ccc1O. The lowest BCUT2D eigenvalue weighted by atomic mass is 10.2. The third-order valence-corrected chi connectivity index (χ3v) is 2.90. The average molecular weight is 254 g/mol. The minimum Gasteiger partial charge on any atom is -0.507 e. The Labute approximate surface area is 101 Å². The molecular weight excluding hydrogens is 246 g/mol. The van der Waals surface area contributed by atoms with E-state index < -0.39 is 0 Å². The van der Waals surface area contributed by atoms with Crippen LogP contribution in [0.3, 0.4) is 0 Å². The van der Waals surface area contributed by atoms with E-state index in [2.05, 4.69) is 5.32 Å². The summed E-state index contributed by atoms with van der Waals surface area (Å²) in [5.74, 6) is -0.462. The minimum atomic E-state index is -0.376. The lowest BCUT2D eigenvalue weighted by Crippen LogP contribution is -2.11. The summed E-state index contributed by atoms with van der Waals surface area (Å²) < 4.78 is 0. The number of amides is 1. The quantitative estimate of drug-likeness (QED) is 0.862. The van der Waals surface area contributed by atoms with E-state index in [0.29, 0.717) is 10.7 Å². The molecule has 0 aliphatic rings. The Morgan fingerprint density at radius 3 is 2.88 bits per heavy atom. The van der Waals surface area contributed by atoms with Gasteiger partial charge >= 0.3 is 0 Å². The normalized spacial score (nSPS) is 10.1. The van der Waals surface area contributed by atoms with Gasteiger partial charge in [0.15, 0.2) is 0 Å². The summed E-state index contributed by atoms with van der Waals surface area (Å²) in [6.07, 6.45) is 0. The summed E-state index contributed by atoms with van der Waals surface area (Å²) >= 11 is 7.23. The predicted molar refractivity (Wildman–Crippen MR) is 65.4 cm³/mol. The van der Waals surface area contributed by atoms with Crippen LogP contribution in [0.1, 0.15) is 10.4 Å². The number of hydrogen-bond acceptors (Lipinski definition) is 3. The highest BCUT2D eigenvalue weighted by Crippen LogP contribution is 2.23. The molecule has 1 aromatic heterocycles. The number of benzene rings is 1. The first-order valence-electron chi connectivity index (χ1n) is 4.49. The summed E-state index contributed by atoms with van der Waals surface area (Å²) in [5.41, 5.74) is 0.869. The molecule has 2 N–H and O–H groups in total. The van der Waals surface area contributed by atoms with Crippen LogP contribution in [0.4, 0.5) is 5.69 Å². The molecule has 3 nitrogen and oxygen atoms in total. The molecule has 0 radical (unpaired) electrons. The van der Waals surface area contributed by atoms with Crippen molar-refractivity contribution in [3.63, 3.8) is 0 Å². The lowest BCUT2D eigenvalue weighted by Gasteiger charge is -2.05. The van der Waals surface area contributed by atoms with E-state index in [-0.39, 0.29) is 17.2 Å². The van der Waals surface area contributed by atoms with Gasteiger partial charge in [0, 0.05) is 10.4 Å². The van der Waals surface area contributed by atoms with Crippen molar-refractivity contribution in [3.05, 3.63) is 45.6 Å². The number of phenols is 1. The number of phenolic OH excluding ortho intramolecular Hbond substituents is 1. The van der Waals surface area contributed by atoms with Gasteiger partial charge in [-0.15, -0.1) is 0 Å². The Kier molecular flexibility index (Phi) is 3.12. The molecule has 1 aromatic carbocycles. The maximum atomic E-state index is 11.8. The molecule has 2 rings (SSSR count). The number of thiophene rings is 1. The Bertz CT molecular complexity index is 511. The van der Waals surface area contributed by atoms with Gasteiger partial charge < -0.3 is 10.4 Å². The number of nitrogens with one attached hydrogen (secondary N) is 1. The number of halogens is 1. The fourth-order valence-electron chi connectivity index (χ4n) is 1.22. The van der Waals surface area contributed by atoms with Crippen LogP contribution in [-0.4, -0.2) is 11.0 Å². The smallest absolute Gasteiger partial charge is 0.259 e. The summed E-state index contributed by atoms with van der Waals surface area (Å²) in [5, 5.41) is 16.2. The topological polar surface area (TPSA) is 49.3 Å². The highest BCUT2D eigenvalue weighted by atomic mass is 35.5. The van der Waals surface area contributed by atoms with Gasteiger partial charge in [0.1, 0.15) is 5.75 Å². The van der Waals surface area contributed by atoms with Gasteiger partial charge in [-0.05, 0) is 29.6 Å². The highest BCUT2D eigenvalue weighted by molar-refractivity contribution is 7.08. The van der Waals surface area contributed by atoms with Crippen molar-refractivity contribution in [2.24, 2.45) is 0 Å². The first-order chi connectivity index (χ1) is 7.66. The predicted octanol–water partition coefficient (Wildman–Crippen LogP) is 3.36. The molecule has 2 aromatic rings. The zero-order valence-electron chi connectivity index (χ0n) is 8.11. The molecule has 0 fully saturated rings. The van der Waals surface area contributed by atoms with Crippen LogP contribution in [0.2, 0.25) is 5.02 Å². The Balaban J connectivity index is 2.24. The number of hydrogen-bond donors (Lipinski definition) is 2. The van der Waals surface area contributed by atoms with E-state index in [1.807, 2.05) is 5.38 Å². The minimum absolute atomic E-state index is 0.0860. The van der Waals surface area contributed by atoms with Crippen LogP contribution in [0.5, 0.6) is 5.75 Å². The molecule has 0 spiro atoms. The lowest BCUT2D eigenvalue weighted by molar-refractivity contribution is 0.102. The standard InChI is InChI=1S/C11H8ClNO2S/c12-7-1-2-10(14)9(5-7)11(15)13-8-3-4-16-6-8/h1-6,14H,(H,13,15). The molecule has 0 atom stereocenters. The first-order valence-corrected chi connectivity index (χ1v) is 5.81. The molecule has 16 heavy (non-hydrogen) atoms. The van der Waals surface area contributed by atoms with Gasteiger partial charge in [-0.2, -0.15) is 11.3 Å². The first kappa shape index (κ1) is 11.0. The van der Waals surface area contributed by atoms with Gasteiger partial charge in [-0.3, -0.25) is 4.79 Å². The van der Waals surface area contributed by atoms with E-state index in [4.69, 9.17) is 11.6 Å². The molecule has 0 unspecified atom stereocenters. The molecule has 82 valence electrons. The molecule has 5 heteroatoms. The van der Waals surface area contributed by atoms with Gasteiger partial charge in [0.25, 0.3) is 5.91 Å². The van der Waals surface area contributed by atoms with E-state index in [1.165, 1.54) is 29.5 Å². The number of anilines is 1. The molecule has 1 heterocycles. The summed E-state index contributed by atoms with van der Waals surface area (Å²) in [6, 6.07) is 6.13. The van der Waals surface area contributed by atoms with E-state index >= 15 is 0 Å². The van der Waals surface area contributed by atoms with Gasteiger partial charge in [0.05, 0.1) is 11.3 Å². The van der Waals surface area contributed by atoms with Crippen molar-refractivity contribution in [1.82, 2.24) is 0 Å². The van der Waals surface area contributed by atoms with Gasteiger partial charge in [-0.1, -0.05) is 11.6 Å². The Morgan fingerprint density at radius 1 is 1.38 bits per heavy atom. The molecule has 1 amide bonds. The fraction of sp³-hybridized carbons (Fsp3) is 0. The second-order valence-electron chi connectivity index (χ2n) is 3.13. The van der Waals surface area contributed by atoms with Crippen molar-refractivity contribution in [2.75, 3.05) is 5.32 Å². The molecule has 0 saturated heterocycles. The monoisotopic (exact) mass is 253 g/mol. The number of aromatic hydroxyl groups is 1. The van der Waals surface area contributed by atoms with Crippen molar-refractivity contribution >= 4 is 34.5 Å². The number of carbonyl (C=O) groups is 1. The van der Waals surface area contributed by atoms with E-state index in [0.717, 1.165) is 0 Å². The number of carbonyl (C=O) groups excluding carboxylic acids is 1. The molecule has 0 saturated carbocycles. The number of rotatable bonds is 2. The summed E-state index contributed by atoms with van der Waals surface area (Å²) in [6.45, 7) is 0. The Morgan fingerprint density at radius 2 is 2.19 bits per heavy atom. The van der Waals surface area contributed by atoms with Crippen molar-refractivity contribution in [2.45, 2.75) is 0 Å². The molecule has 0 bridgehead atoms. The van der Waals surface area contributed by atoms with Crippen LogP contribution < -0.4 is 5.32 Å². The van der Waals surface area contributed by atoms with E-state index in [1.54, 1.807) is 11.4 Å². The average Bonchev–Trinajstić information content (AvgIpc) is 2.74. The third kappa shape index (κ3) is 2.35. The second-order valence-corrected chi connectivity index (χ2v) is 4.34. The van der Waals surface area contributed by atoms with Crippen LogP contribution in [0.15, 0.2) is 35.0 Å². The maximum absolute atomic E-state index is 11.8. The zero-order valence-corrected chi connectivity index (χ0v) is 9.68. The fourth-order valence-corrected chi connectivity index (χ4v) is 1.98. The van der Waals surface area contributed by atoms with Crippen LogP contribution in [0.25, 0.3) is 0 Å². The van der Waals surface area contributed by atoms with Crippen LogP contribution in [-0.2, 0) is 0 Å². The van der Waals surface area contributed by atoms with Crippen LogP contribution >= 0.6 is 22.9 Å².